The SMILES string of the molecule is CCCCCCCCCCCCCCCCCCCSSc1n[nH]c(=S)s1. The molecule has 0 spiro atoms. The van der Waals surface area contributed by atoms with E-state index in [0.29, 0.717) is 0 Å². The van der Waals surface area contributed by atoms with Gasteiger partial charge in [-0.15, -0.1) is 0 Å². The first kappa shape index (κ1) is 25.5. The number of hydrogen-bond acceptors (Lipinski definition) is 5. The van der Waals surface area contributed by atoms with E-state index in [0.717, 1.165) is 8.29 Å². The van der Waals surface area contributed by atoms with Gasteiger partial charge in [-0.05, 0) is 29.4 Å². The molecule has 6 heteroatoms. The van der Waals surface area contributed by atoms with E-state index < -0.39 is 0 Å². The number of aromatic amines is 1. The standard InChI is InChI=1S/C21H40N2S4/c1-2-3-4-5-6-7-8-9-10-11-12-13-14-15-16-17-18-19-25-27-21-23-22-20(24)26-21/h2-19H2,1H3,(H,22,24). The van der Waals surface area contributed by atoms with Gasteiger partial charge in [0, 0.05) is 5.75 Å². The zero-order chi connectivity index (χ0) is 19.4. The molecule has 1 heterocycles. The van der Waals surface area contributed by atoms with Gasteiger partial charge in [0.05, 0.1) is 0 Å². The van der Waals surface area contributed by atoms with Crippen molar-refractivity contribution in [2.75, 3.05) is 5.75 Å². The minimum absolute atomic E-state index is 0.774. The first-order valence-electron chi connectivity index (χ1n) is 11.2. The molecule has 1 N–H and O–H groups in total. The molecule has 0 bridgehead atoms. The average molecular weight is 449 g/mol. The van der Waals surface area contributed by atoms with Crippen molar-refractivity contribution in [2.24, 2.45) is 0 Å². The Morgan fingerprint density at radius 1 is 0.741 bits per heavy atom. The van der Waals surface area contributed by atoms with Crippen LogP contribution < -0.4 is 0 Å². The van der Waals surface area contributed by atoms with Crippen LogP contribution in [0.4, 0.5) is 0 Å². The van der Waals surface area contributed by atoms with Crippen LogP contribution in [0.15, 0.2) is 4.34 Å². The Morgan fingerprint density at radius 3 is 1.59 bits per heavy atom. The fraction of sp³-hybridized carbons (Fsp3) is 0.905. The molecule has 158 valence electrons. The van der Waals surface area contributed by atoms with Crippen LogP contribution in [-0.2, 0) is 0 Å². The van der Waals surface area contributed by atoms with Crippen molar-refractivity contribution in [1.82, 2.24) is 10.2 Å². The molecule has 0 aliphatic carbocycles. The zero-order valence-corrected chi connectivity index (χ0v) is 20.6. The molecule has 0 atom stereocenters. The summed E-state index contributed by atoms with van der Waals surface area (Å²) in [5.74, 6) is 1.22. The predicted molar refractivity (Wildman–Crippen MR) is 130 cm³/mol. The van der Waals surface area contributed by atoms with E-state index in [1.165, 1.54) is 115 Å². The Labute approximate surface area is 184 Å². The summed E-state index contributed by atoms with van der Waals surface area (Å²) in [5.41, 5.74) is 0. The van der Waals surface area contributed by atoms with Crippen LogP contribution in [0.25, 0.3) is 0 Å². The fourth-order valence-corrected chi connectivity index (χ4v) is 6.74. The summed E-state index contributed by atoms with van der Waals surface area (Å²) >= 11 is 6.61. The van der Waals surface area contributed by atoms with Crippen LogP contribution in [0.5, 0.6) is 0 Å². The summed E-state index contributed by atoms with van der Waals surface area (Å²) in [6.07, 6.45) is 24.4. The molecule has 2 nitrogen and oxygen atoms in total. The van der Waals surface area contributed by atoms with Crippen LogP contribution in [0.3, 0.4) is 0 Å². The molecule has 0 radical (unpaired) electrons. The fourth-order valence-electron chi connectivity index (χ4n) is 3.23. The molecule has 1 rings (SSSR count). The largest absolute Gasteiger partial charge is 0.257 e. The van der Waals surface area contributed by atoms with E-state index in [9.17, 15) is 0 Å². The highest BCUT2D eigenvalue weighted by molar-refractivity contribution is 8.77. The van der Waals surface area contributed by atoms with Gasteiger partial charge in [-0.3, -0.25) is 5.10 Å². The molecule has 0 fully saturated rings. The maximum absolute atomic E-state index is 5.04. The molecule has 0 saturated carbocycles. The van der Waals surface area contributed by atoms with Crippen LogP contribution in [0, 0.1) is 3.95 Å². The Bertz CT molecular complexity index is 473. The monoisotopic (exact) mass is 448 g/mol. The van der Waals surface area contributed by atoms with Gasteiger partial charge in [0.1, 0.15) is 0 Å². The second-order valence-corrected chi connectivity index (χ2v) is 11.8. The summed E-state index contributed by atoms with van der Waals surface area (Å²) in [6.45, 7) is 2.29. The minimum atomic E-state index is 0.774. The number of aromatic nitrogens is 2. The van der Waals surface area contributed by atoms with Crippen LogP contribution in [0.2, 0.25) is 0 Å². The number of rotatable bonds is 20. The van der Waals surface area contributed by atoms with Crippen LogP contribution >= 0.6 is 45.1 Å². The van der Waals surface area contributed by atoms with E-state index in [2.05, 4.69) is 17.1 Å². The molecular weight excluding hydrogens is 409 g/mol. The molecule has 0 unspecified atom stereocenters. The van der Waals surface area contributed by atoms with Gasteiger partial charge in [-0.2, -0.15) is 5.10 Å². The smallest absolute Gasteiger partial charge is 0.183 e. The third kappa shape index (κ3) is 17.1. The van der Waals surface area contributed by atoms with Crippen LogP contribution in [-0.4, -0.2) is 16.0 Å². The first-order chi connectivity index (χ1) is 13.3. The molecule has 1 aromatic rings. The van der Waals surface area contributed by atoms with Gasteiger partial charge in [0.2, 0.25) is 0 Å². The molecule has 27 heavy (non-hydrogen) atoms. The van der Waals surface area contributed by atoms with Crippen molar-refractivity contribution < 1.29 is 0 Å². The summed E-state index contributed by atoms with van der Waals surface area (Å²) in [5, 5.41) is 6.99. The lowest BCUT2D eigenvalue weighted by atomic mass is 10.0. The van der Waals surface area contributed by atoms with E-state index >= 15 is 0 Å². The number of hydrogen-bond donors (Lipinski definition) is 1. The highest BCUT2D eigenvalue weighted by Crippen LogP contribution is 2.32. The number of H-pyrrole nitrogens is 1. The highest BCUT2D eigenvalue weighted by atomic mass is 33.1. The molecule has 0 saturated heterocycles. The quantitative estimate of drug-likeness (QED) is 0.122. The van der Waals surface area contributed by atoms with Gasteiger partial charge < -0.3 is 0 Å². The number of nitrogens with one attached hydrogen (secondary N) is 1. The second-order valence-electron chi connectivity index (χ2n) is 7.44. The average Bonchev–Trinajstić information content (AvgIpc) is 3.09. The van der Waals surface area contributed by atoms with Crippen molar-refractivity contribution in [3.05, 3.63) is 3.95 Å². The zero-order valence-electron chi connectivity index (χ0n) is 17.3. The summed E-state index contributed by atoms with van der Waals surface area (Å²) in [7, 11) is 3.66. The third-order valence-corrected chi connectivity index (χ3v) is 8.71. The van der Waals surface area contributed by atoms with E-state index in [4.69, 9.17) is 12.2 Å². The van der Waals surface area contributed by atoms with Crippen LogP contribution in [0.1, 0.15) is 116 Å². The normalized spacial score (nSPS) is 11.3. The van der Waals surface area contributed by atoms with Gasteiger partial charge in [-0.1, -0.05) is 132 Å². The third-order valence-electron chi connectivity index (χ3n) is 4.88. The molecular formula is C21H40N2S4. The topological polar surface area (TPSA) is 28.7 Å². The Kier molecular flexibility index (Phi) is 18.7. The molecule has 0 amide bonds. The van der Waals surface area contributed by atoms with Gasteiger partial charge in [0.15, 0.2) is 8.29 Å². The molecule has 1 aromatic heterocycles. The van der Waals surface area contributed by atoms with E-state index in [-0.39, 0.29) is 0 Å². The molecule has 0 aliphatic rings. The van der Waals surface area contributed by atoms with Crippen molar-refractivity contribution in [3.63, 3.8) is 0 Å². The lowest BCUT2D eigenvalue weighted by Gasteiger charge is -2.03. The van der Waals surface area contributed by atoms with Crippen molar-refractivity contribution >= 4 is 45.1 Å². The maximum atomic E-state index is 5.04. The number of nitrogens with zero attached hydrogens (tertiary/aromatic N) is 1. The van der Waals surface area contributed by atoms with Gasteiger partial charge in [-0.25, -0.2) is 0 Å². The second kappa shape index (κ2) is 19.8. The van der Waals surface area contributed by atoms with Crippen molar-refractivity contribution in [1.29, 1.82) is 0 Å². The summed E-state index contributed by atoms with van der Waals surface area (Å²) in [4.78, 5) is 0. The summed E-state index contributed by atoms with van der Waals surface area (Å²) in [6, 6.07) is 0. The Hall–Kier alpha value is 0.480. The highest BCUT2D eigenvalue weighted by Gasteiger charge is 1.99. The molecule has 0 aliphatic heterocycles. The number of unbranched alkanes of at least 4 members (excludes halogenated alkanes) is 16. The lowest BCUT2D eigenvalue weighted by Crippen LogP contribution is -1.84. The summed E-state index contributed by atoms with van der Waals surface area (Å²) < 4.78 is 1.83. The van der Waals surface area contributed by atoms with Gasteiger partial charge in [0.25, 0.3) is 0 Å². The van der Waals surface area contributed by atoms with Gasteiger partial charge >= 0.3 is 0 Å². The maximum Gasteiger partial charge on any atom is 0.183 e. The lowest BCUT2D eigenvalue weighted by molar-refractivity contribution is 0.529. The Morgan fingerprint density at radius 2 is 1.19 bits per heavy atom. The van der Waals surface area contributed by atoms with Crippen molar-refractivity contribution in [3.8, 4) is 0 Å². The van der Waals surface area contributed by atoms with Crippen molar-refractivity contribution in [2.45, 2.75) is 120 Å². The predicted octanol–water partition coefficient (Wildman–Crippen LogP) is 9.59. The minimum Gasteiger partial charge on any atom is -0.257 e. The van der Waals surface area contributed by atoms with E-state index in [1.54, 1.807) is 22.1 Å². The van der Waals surface area contributed by atoms with E-state index in [1.807, 2.05) is 10.8 Å². The molecule has 0 aromatic carbocycles. The Balaban J connectivity index is 1.68. The first-order valence-corrected chi connectivity index (χ1v) is 14.7.